The summed E-state index contributed by atoms with van der Waals surface area (Å²) in [6, 6.07) is 14.9. The summed E-state index contributed by atoms with van der Waals surface area (Å²) in [6.45, 7) is 2.10. The molecule has 0 saturated carbocycles. The smallest absolute Gasteiger partial charge is 0.394 e. The van der Waals surface area contributed by atoms with Crippen LogP contribution in [0.2, 0.25) is 10.0 Å². The first-order chi connectivity index (χ1) is 20.4. The molecule has 7 N–H and O–H groups in total. The second-order valence-electron chi connectivity index (χ2n) is 8.89. The molecule has 0 atom stereocenters. The number of nitrogen functional groups attached to an aromatic ring is 2. The maximum Gasteiger partial charge on any atom is 0.394 e. The Hall–Kier alpha value is -4.06. The number of nitrogens with zero attached hydrogens (tertiary/aromatic N) is 2. The fraction of sp³-hybridized carbons (Fsp3) is 0.115. The van der Waals surface area contributed by atoms with Crippen LogP contribution in [0.15, 0.2) is 65.6 Å². The molecule has 234 valence electrons. The zero-order chi connectivity index (χ0) is 32.8. The lowest BCUT2D eigenvalue weighted by molar-refractivity contribution is 0.0950. The van der Waals surface area contributed by atoms with Crippen molar-refractivity contribution >= 4 is 61.5 Å². The highest BCUT2D eigenvalue weighted by molar-refractivity contribution is 7.86. The monoisotopic (exact) mass is 687 g/mol. The second-order valence-corrected chi connectivity index (χ2v) is 11.9. The van der Waals surface area contributed by atoms with E-state index in [0.717, 1.165) is 23.3 Å². The van der Waals surface area contributed by atoms with Crippen LogP contribution in [0.1, 0.15) is 27.2 Å². The van der Waals surface area contributed by atoms with Gasteiger partial charge in [-0.25, -0.2) is 4.98 Å². The van der Waals surface area contributed by atoms with E-state index in [1.807, 2.05) is 6.92 Å². The fourth-order valence-corrected chi connectivity index (χ4v) is 4.53. The third-order valence-corrected chi connectivity index (χ3v) is 7.34. The maximum absolute atomic E-state index is 13.0. The van der Waals surface area contributed by atoms with Gasteiger partial charge in [-0.1, -0.05) is 35.3 Å². The molecule has 44 heavy (non-hydrogen) atoms. The Balaban J connectivity index is 0.000000978. The minimum Gasteiger partial charge on any atom is -0.487 e. The maximum atomic E-state index is 13.0. The zero-order valence-corrected chi connectivity index (χ0v) is 25.7. The Morgan fingerprint density at radius 2 is 1.59 bits per heavy atom. The molecule has 0 bridgehead atoms. The minimum absolute atomic E-state index is 0.00172. The van der Waals surface area contributed by atoms with E-state index in [4.69, 9.17) is 56.9 Å². The predicted molar refractivity (Wildman–Crippen MR) is 162 cm³/mol. The second kappa shape index (κ2) is 14.1. The van der Waals surface area contributed by atoms with E-state index in [9.17, 15) is 17.1 Å². The van der Waals surface area contributed by atoms with E-state index in [1.54, 1.807) is 36.4 Å². The Bertz CT molecular complexity index is 1900. The molecular weight excluding hydrogens is 664 g/mol. The number of nitrogens with one attached hydrogen (secondary N) is 1. The molecule has 0 aliphatic rings. The average Bonchev–Trinajstić information content (AvgIpc) is 2.91. The van der Waals surface area contributed by atoms with Gasteiger partial charge in [0.05, 0.1) is 20.6 Å². The molecular formula is C26H24Cl2FN5O8S2. The Kier molecular flexibility index (Phi) is 11.1. The lowest BCUT2D eigenvalue weighted by Crippen LogP contribution is -2.23. The standard InChI is InChI=1S/C26H22Cl2FN5O4S.H2O4S/c1-14-10-18(6-2-17(14)12-32-25(35)15-3-7-19(8-4-15)39(29,36)37)38-13-22-23(24(30)34-26(31)33-22)16-5-9-20(27)21(28)11-16;1-5(2,3)4/h2-11H,12-13H2,1H3,(H,32,35)(H4,30,31,33,34);(H2,1,2,3,4). The molecule has 18 heteroatoms. The third kappa shape index (κ3) is 10.0. The number of carbonyl (C=O) groups excluding carboxylic acids is 1. The van der Waals surface area contributed by atoms with Gasteiger partial charge in [0, 0.05) is 17.7 Å². The fourth-order valence-electron chi connectivity index (χ4n) is 3.77. The van der Waals surface area contributed by atoms with Gasteiger partial charge in [0.25, 0.3) is 5.91 Å². The normalized spacial score (nSPS) is 11.3. The van der Waals surface area contributed by atoms with Crippen molar-refractivity contribution in [3.05, 3.63) is 93.1 Å². The molecule has 0 aliphatic carbocycles. The van der Waals surface area contributed by atoms with Crippen molar-refractivity contribution in [1.29, 1.82) is 0 Å². The number of hydrogen-bond donors (Lipinski definition) is 5. The topological polar surface area (TPSA) is 225 Å². The Morgan fingerprint density at radius 3 is 2.16 bits per heavy atom. The molecule has 1 aromatic heterocycles. The lowest BCUT2D eigenvalue weighted by atomic mass is 10.0. The van der Waals surface area contributed by atoms with Crippen molar-refractivity contribution < 1.29 is 39.4 Å². The number of benzene rings is 3. The number of hydrogen-bond acceptors (Lipinski definition) is 10. The van der Waals surface area contributed by atoms with Gasteiger partial charge in [-0.3, -0.25) is 13.9 Å². The highest BCUT2D eigenvalue weighted by Crippen LogP contribution is 2.33. The van der Waals surface area contributed by atoms with Crippen LogP contribution in [0, 0.1) is 6.92 Å². The lowest BCUT2D eigenvalue weighted by Gasteiger charge is -2.15. The van der Waals surface area contributed by atoms with Crippen molar-refractivity contribution in [3.63, 3.8) is 0 Å². The summed E-state index contributed by atoms with van der Waals surface area (Å²) in [5.74, 6) is 0.272. The first-order valence-electron chi connectivity index (χ1n) is 12.0. The van der Waals surface area contributed by atoms with Gasteiger partial charge < -0.3 is 21.5 Å². The SMILES string of the molecule is Cc1cc(OCc2nc(N)nc(N)c2-c2ccc(Cl)c(Cl)c2)ccc1CNC(=O)c1ccc(S(=O)(=O)F)cc1.O=S(=O)(O)O. The van der Waals surface area contributed by atoms with Crippen LogP contribution in [0.3, 0.4) is 0 Å². The molecule has 13 nitrogen and oxygen atoms in total. The van der Waals surface area contributed by atoms with E-state index < -0.39 is 31.4 Å². The van der Waals surface area contributed by atoms with Crippen LogP contribution < -0.4 is 21.5 Å². The predicted octanol–water partition coefficient (Wildman–Crippen LogP) is 4.44. The van der Waals surface area contributed by atoms with Crippen molar-refractivity contribution in [2.45, 2.75) is 25.0 Å². The number of aromatic nitrogens is 2. The van der Waals surface area contributed by atoms with Crippen LogP contribution in [0.4, 0.5) is 15.7 Å². The van der Waals surface area contributed by atoms with E-state index in [1.165, 1.54) is 12.1 Å². The summed E-state index contributed by atoms with van der Waals surface area (Å²) in [5.41, 5.74) is 15.5. The van der Waals surface area contributed by atoms with Crippen molar-refractivity contribution in [1.82, 2.24) is 15.3 Å². The number of ether oxygens (including phenoxy) is 1. The quantitative estimate of drug-likeness (QED) is 0.128. The van der Waals surface area contributed by atoms with Gasteiger partial charge in [-0.15, -0.1) is 3.89 Å². The Labute approximate surface area is 261 Å². The molecule has 0 saturated heterocycles. The molecule has 0 radical (unpaired) electrons. The average molecular weight is 689 g/mol. The van der Waals surface area contributed by atoms with E-state index in [-0.39, 0.29) is 30.5 Å². The van der Waals surface area contributed by atoms with Crippen LogP contribution in [0.25, 0.3) is 11.1 Å². The molecule has 0 aliphatic heterocycles. The summed E-state index contributed by atoms with van der Waals surface area (Å²) < 4.78 is 72.5. The molecule has 4 rings (SSSR count). The van der Waals surface area contributed by atoms with Crippen LogP contribution >= 0.6 is 23.2 Å². The number of aryl methyl sites for hydroxylation is 1. The largest absolute Gasteiger partial charge is 0.487 e. The van der Waals surface area contributed by atoms with E-state index >= 15 is 0 Å². The van der Waals surface area contributed by atoms with Gasteiger partial charge in [0.15, 0.2) is 0 Å². The summed E-state index contributed by atoms with van der Waals surface area (Å²) in [5, 5.41) is 3.49. The molecule has 0 fully saturated rings. The number of halogens is 3. The molecule has 1 amide bonds. The van der Waals surface area contributed by atoms with Crippen LogP contribution in [-0.4, -0.2) is 41.8 Å². The van der Waals surface area contributed by atoms with E-state index in [0.29, 0.717) is 32.6 Å². The molecule has 3 aromatic carbocycles. The van der Waals surface area contributed by atoms with Gasteiger partial charge in [-0.2, -0.15) is 21.8 Å². The highest BCUT2D eigenvalue weighted by Gasteiger charge is 2.17. The van der Waals surface area contributed by atoms with Gasteiger partial charge in [-0.05, 0) is 72.1 Å². The van der Waals surface area contributed by atoms with Gasteiger partial charge >= 0.3 is 20.6 Å². The number of amides is 1. The molecule has 4 aromatic rings. The highest BCUT2D eigenvalue weighted by atomic mass is 35.5. The van der Waals surface area contributed by atoms with Gasteiger partial charge in [0.1, 0.15) is 18.2 Å². The van der Waals surface area contributed by atoms with Crippen LogP contribution in [0.5, 0.6) is 5.75 Å². The number of rotatable bonds is 8. The number of nitrogens with two attached hydrogens (primary N) is 2. The number of carbonyl (C=O) groups is 1. The van der Waals surface area contributed by atoms with Crippen molar-refractivity contribution in [3.8, 4) is 16.9 Å². The summed E-state index contributed by atoms with van der Waals surface area (Å²) in [7, 11) is -9.50. The van der Waals surface area contributed by atoms with Crippen molar-refractivity contribution in [2.24, 2.45) is 0 Å². The molecule has 0 spiro atoms. The van der Waals surface area contributed by atoms with Crippen LogP contribution in [-0.2, 0) is 33.8 Å². The van der Waals surface area contributed by atoms with Gasteiger partial charge in [0.2, 0.25) is 5.95 Å². The minimum atomic E-state index is -4.83. The third-order valence-electron chi connectivity index (χ3n) is 5.76. The van der Waals surface area contributed by atoms with Crippen molar-refractivity contribution in [2.75, 3.05) is 11.5 Å². The van der Waals surface area contributed by atoms with E-state index in [2.05, 4.69) is 15.3 Å². The molecule has 1 heterocycles. The molecule has 0 unspecified atom stereocenters. The summed E-state index contributed by atoms with van der Waals surface area (Å²) in [4.78, 5) is 20.3. The Morgan fingerprint density at radius 1 is 0.955 bits per heavy atom. The zero-order valence-electron chi connectivity index (χ0n) is 22.5. The summed E-state index contributed by atoms with van der Waals surface area (Å²) >= 11 is 12.2. The first kappa shape index (κ1) is 34.4. The summed E-state index contributed by atoms with van der Waals surface area (Å²) in [6.07, 6.45) is 0. The first-order valence-corrected chi connectivity index (χ1v) is 15.6. The number of anilines is 2.